The van der Waals surface area contributed by atoms with Gasteiger partial charge in [0.25, 0.3) is 0 Å². The lowest BCUT2D eigenvalue weighted by Crippen LogP contribution is -2.36. The number of aromatic nitrogens is 2. The molecule has 2 heterocycles. The van der Waals surface area contributed by atoms with Crippen LogP contribution in [0, 0.1) is 0 Å². The van der Waals surface area contributed by atoms with E-state index >= 15 is 0 Å². The van der Waals surface area contributed by atoms with Crippen LogP contribution in [0.2, 0.25) is 5.15 Å². The van der Waals surface area contributed by atoms with E-state index in [0.29, 0.717) is 5.15 Å². The Kier molecular flexibility index (Phi) is 5.31. The summed E-state index contributed by atoms with van der Waals surface area (Å²) in [6.07, 6.45) is 1.48. The highest BCUT2D eigenvalue weighted by molar-refractivity contribution is 6.29. The van der Waals surface area contributed by atoms with Crippen molar-refractivity contribution < 1.29 is 9.84 Å². The normalized spacial score (nSPS) is 15.5. The first-order chi connectivity index (χ1) is 7.36. The van der Waals surface area contributed by atoms with Crippen LogP contribution < -0.4 is 4.90 Å². The largest absolute Gasteiger partial charge is 0.400 e. The fourth-order valence-electron chi connectivity index (χ4n) is 1.29. The van der Waals surface area contributed by atoms with Crippen LogP contribution in [0.1, 0.15) is 0 Å². The maximum absolute atomic E-state index is 7.00. The van der Waals surface area contributed by atoms with E-state index in [1.807, 2.05) is 0 Å². The maximum Gasteiger partial charge on any atom is 0.134 e. The minimum Gasteiger partial charge on any atom is -0.400 e. The molecule has 0 unspecified atom stereocenters. The molecule has 0 atom stereocenters. The first-order valence-corrected chi connectivity index (χ1v) is 4.99. The van der Waals surface area contributed by atoms with Crippen LogP contribution in [0.3, 0.4) is 0 Å². The number of aliphatic hydroxyl groups is 1. The monoisotopic (exact) mass is 231 g/mol. The minimum absolute atomic E-state index is 0.483. The van der Waals surface area contributed by atoms with E-state index in [4.69, 9.17) is 21.4 Å². The summed E-state index contributed by atoms with van der Waals surface area (Å²) >= 11 is 5.76. The molecular formula is C9H14ClN3O2. The average Bonchev–Trinajstić information content (AvgIpc) is 2.33. The van der Waals surface area contributed by atoms with Crippen molar-refractivity contribution in [3.05, 3.63) is 17.5 Å². The Balaban J connectivity index is 0.000000531. The summed E-state index contributed by atoms with van der Waals surface area (Å²) in [4.78, 5) is 10.1. The highest BCUT2D eigenvalue weighted by Gasteiger charge is 2.12. The summed E-state index contributed by atoms with van der Waals surface area (Å²) in [5.74, 6) is 0.878. The minimum atomic E-state index is 0.483. The van der Waals surface area contributed by atoms with Crippen LogP contribution in [-0.4, -0.2) is 48.5 Å². The van der Waals surface area contributed by atoms with Crippen LogP contribution in [-0.2, 0) is 4.74 Å². The van der Waals surface area contributed by atoms with Crippen LogP contribution in [0.4, 0.5) is 5.82 Å². The van der Waals surface area contributed by atoms with Gasteiger partial charge in [-0.3, -0.25) is 0 Å². The maximum atomic E-state index is 7.00. The lowest BCUT2D eigenvalue weighted by atomic mass is 10.4. The Hall–Kier alpha value is -0.910. The van der Waals surface area contributed by atoms with Gasteiger partial charge in [-0.2, -0.15) is 0 Å². The van der Waals surface area contributed by atoms with Crippen molar-refractivity contribution in [2.45, 2.75) is 0 Å². The van der Waals surface area contributed by atoms with Crippen molar-refractivity contribution in [1.82, 2.24) is 9.97 Å². The SMILES string of the molecule is CO.Clc1cc(N2CCOCC2)ncn1. The summed E-state index contributed by atoms with van der Waals surface area (Å²) in [7, 11) is 1.00. The molecule has 1 aromatic heterocycles. The number of aliphatic hydroxyl groups excluding tert-OH is 1. The molecule has 0 amide bonds. The Morgan fingerprint density at radius 2 is 2.00 bits per heavy atom. The van der Waals surface area contributed by atoms with Crippen molar-refractivity contribution in [2.75, 3.05) is 38.3 Å². The molecule has 0 saturated carbocycles. The Labute approximate surface area is 93.7 Å². The predicted octanol–water partition coefficient (Wildman–Crippen LogP) is 0.575. The summed E-state index contributed by atoms with van der Waals surface area (Å²) in [5.41, 5.74) is 0. The lowest BCUT2D eigenvalue weighted by Gasteiger charge is -2.27. The Morgan fingerprint density at radius 3 is 2.60 bits per heavy atom. The van der Waals surface area contributed by atoms with E-state index in [9.17, 15) is 0 Å². The third kappa shape index (κ3) is 3.62. The third-order valence-electron chi connectivity index (χ3n) is 1.95. The number of halogens is 1. The van der Waals surface area contributed by atoms with Gasteiger partial charge in [-0.15, -0.1) is 0 Å². The second-order valence-electron chi connectivity index (χ2n) is 2.80. The number of anilines is 1. The Bertz CT molecular complexity index is 292. The molecular weight excluding hydrogens is 218 g/mol. The number of morpholine rings is 1. The van der Waals surface area contributed by atoms with Gasteiger partial charge in [0.1, 0.15) is 17.3 Å². The summed E-state index contributed by atoms with van der Waals surface area (Å²) in [6, 6.07) is 1.77. The van der Waals surface area contributed by atoms with Gasteiger partial charge in [-0.05, 0) is 0 Å². The quantitative estimate of drug-likeness (QED) is 0.717. The van der Waals surface area contributed by atoms with E-state index in [2.05, 4.69) is 14.9 Å². The zero-order chi connectivity index (χ0) is 11.1. The number of ether oxygens (including phenoxy) is 1. The molecule has 0 aromatic carbocycles. The Morgan fingerprint density at radius 1 is 1.33 bits per heavy atom. The van der Waals surface area contributed by atoms with E-state index in [-0.39, 0.29) is 0 Å². The number of nitrogens with zero attached hydrogens (tertiary/aromatic N) is 3. The molecule has 0 radical (unpaired) electrons. The van der Waals surface area contributed by atoms with E-state index in [1.54, 1.807) is 6.07 Å². The standard InChI is InChI=1S/C8H10ClN3O.CH4O/c9-7-5-8(11-6-10-7)12-1-3-13-4-2-12;1-2/h5-6H,1-4H2;2H,1H3. The number of hydrogen-bond acceptors (Lipinski definition) is 5. The molecule has 0 aliphatic carbocycles. The molecule has 0 spiro atoms. The van der Waals surface area contributed by atoms with Crippen molar-refractivity contribution in [1.29, 1.82) is 0 Å². The molecule has 1 aliphatic heterocycles. The van der Waals surface area contributed by atoms with Crippen molar-refractivity contribution in [3.63, 3.8) is 0 Å². The van der Waals surface area contributed by atoms with Gasteiger partial charge in [0, 0.05) is 26.3 Å². The van der Waals surface area contributed by atoms with Gasteiger partial charge in [-0.25, -0.2) is 9.97 Å². The van der Waals surface area contributed by atoms with Crippen molar-refractivity contribution in [3.8, 4) is 0 Å². The van der Waals surface area contributed by atoms with Gasteiger partial charge in [-0.1, -0.05) is 11.6 Å². The smallest absolute Gasteiger partial charge is 0.134 e. The number of rotatable bonds is 1. The molecule has 6 heteroatoms. The van der Waals surface area contributed by atoms with Gasteiger partial charge in [0.2, 0.25) is 0 Å². The zero-order valence-corrected chi connectivity index (χ0v) is 9.31. The third-order valence-corrected chi connectivity index (χ3v) is 2.16. The van der Waals surface area contributed by atoms with Gasteiger partial charge in [0.15, 0.2) is 0 Å². The topological polar surface area (TPSA) is 58.5 Å². The second kappa shape index (κ2) is 6.55. The summed E-state index contributed by atoms with van der Waals surface area (Å²) < 4.78 is 5.23. The van der Waals surface area contributed by atoms with Gasteiger partial charge < -0.3 is 14.7 Å². The van der Waals surface area contributed by atoms with Crippen LogP contribution in [0.5, 0.6) is 0 Å². The molecule has 1 saturated heterocycles. The molecule has 2 rings (SSSR count). The zero-order valence-electron chi connectivity index (χ0n) is 8.56. The van der Waals surface area contributed by atoms with E-state index in [1.165, 1.54) is 6.33 Å². The van der Waals surface area contributed by atoms with Crippen LogP contribution in [0.15, 0.2) is 12.4 Å². The molecule has 84 valence electrons. The van der Waals surface area contributed by atoms with Crippen LogP contribution >= 0.6 is 11.6 Å². The highest BCUT2D eigenvalue weighted by Crippen LogP contribution is 2.14. The molecule has 1 aliphatic rings. The molecule has 15 heavy (non-hydrogen) atoms. The average molecular weight is 232 g/mol. The summed E-state index contributed by atoms with van der Waals surface area (Å²) in [6.45, 7) is 3.24. The fraction of sp³-hybridized carbons (Fsp3) is 0.556. The fourth-order valence-corrected chi connectivity index (χ4v) is 1.43. The molecule has 5 nitrogen and oxygen atoms in total. The summed E-state index contributed by atoms with van der Waals surface area (Å²) in [5, 5.41) is 7.48. The predicted molar refractivity (Wildman–Crippen MR) is 58.2 cm³/mol. The molecule has 1 aromatic rings. The first-order valence-electron chi connectivity index (χ1n) is 4.61. The molecule has 1 N–H and O–H groups in total. The number of hydrogen-bond donors (Lipinski definition) is 1. The first kappa shape index (κ1) is 12.2. The molecule has 1 fully saturated rings. The van der Waals surface area contributed by atoms with Crippen molar-refractivity contribution >= 4 is 17.4 Å². The van der Waals surface area contributed by atoms with E-state index < -0.39 is 0 Å². The second-order valence-corrected chi connectivity index (χ2v) is 3.19. The molecule has 0 bridgehead atoms. The van der Waals surface area contributed by atoms with Gasteiger partial charge >= 0.3 is 0 Å². The van der Waals surface area contributed by atoms with Gasteiger partial charge in [0.05, 0.1) is 13.2 Å². The van der Waals surface area contributed by atoms with Crippen molar-refractivity contribution in [2.24, 2.45) is 0 Å². The highest BCUT2D eigenvalue weighted by atomic mass is 35.5. The van der Waals surface area contributed by atoms with Crippen LogP contribution in [0.25, 0.3) is 0 Å². The van der Waals surface area contributed by atoms with E-state index in [0.717, 1.165) is 39.2 Å². The lowest BCUT2D eigenvalue weighted by molar-refractivity contribution is 0.122.